The van der Waals surface area contributed by atoms with Crippen molar-refractivity contribution in [3.05, 3.63) is 34.1 Å². The van der Waals surface area contributed by atoms with Crippen molar-refractivity contribution in [3.8, 4) is 5.75 Å². The zero-order valence-electron chi connectivity index (χ0n) is 9.69. The molecule has 0 atom stereocenters. The van der Waals surface area contributed by atoms with Crippen molar-refractivity contribution in [2.45, 2.75) is 6.92 Å². The number of rotatable bonds is 2. The number of hydrogen-bond donors (Lipinski definition) is 3. The quantitative estimate of drug-likeness (QED) is 0.543. The minimum absolute atomic E-state index is 0.123. The molecule has 18 heavy (non-hydrogen) atoms. The van der Waals surface area contributed by atoms with E-state index in [9.17, 15) is 14.7 Å². The lowest BCUT2D eigenvalue weighted by molar-refractivity contribution is 0.0521. The number of nitrogens with one attached hydrogen (secondary N) is 1. The van der Waals surface area contributed by atoms with Crippen molar-refractivity contribution in [1.29, 1.82) is 0 Å². The number of carbonyl (C=O) groups excluding carboxylic acids is 1. The normalized spacial score (nSPS) is 10.5. The highest BCUT2D eigenvalue weighted by atomic mass is 16.5. The maximum atomic E-state index is 11.7. The highest BCUT2D eigenvalue weighted by Gasteiger charge is 2.20. The number of anilines is 1. The van der Waals surface area contributed by atoms with Crippen molar-refractivity contribution < 1.29 is 14.6 Å². The van der Waals surface area contributed by atoms with Gasteiger partial charge in [0.25, 0.3) is 5.56 Å². The number of H-pyrrole nitrogens is 1. The molecule has 1 heterocycles. The number of ether oxygens (including phenoxy) is 1. The van der Waals surface area contributed by atoms with E-state index in [0.717, 1.165) is 0 Å². The molecule has 94 valence electrons. The maximum absolute atomic E-state index is 11.7. The van der Waals surface area contributed by atoms with Gasteiger partial charge in [0, 0.05) is 11.1 Å². The number of aromatic amines is 1. The smallest absolute Gasteiger partial charge is 0.347 e. The van der Waals surface area contributed by atoms with Crippen LogP contribution in [0.3, 0.4) is 0 Å². The highest BCUT2D eigenvalue weighted by molar-refractivity contribution is 5.99. The Kier molecular flexibility index (Phi) is 2.93. The molecule has 2 rings (SSSR count). The van der Waals surface area contributed by atoms with E-state index in [1.807, 2.05) is 0 Å². The molecule has 0 amide bonds. The molecular formula is C12H12N2O4. The Morgan fingerprint density at radius 3 is 2.89 bits per heavy atom. The fourth-order valence-electron chi connectivity index (χ4n) is 1.69. The molecule has 0 fully saturated rings. The second-order valence-electron chi connectivity index (χ2n) is 3.70. The summed E-state index contributed by atoms with van der Waals surface area (Å²) in [6, 6.07) is 4.60. The Hall–Kier alpha value is -2.50. The van der Waals surface area contributed by atoms with Gasteiger partial charge in [-0.15, -0.1) is 0 Å². The van der Waals surface area contributed by atoms with Crippen LogP contribution in [0, 0.1) is 0 Å². The maximum Gasteiger partial charge on any atom is 0.347 e. The van der Waals surface area contributed by atoms with Gasteiger partial charge in [0.05, 0.1) is 12.1 Å². The van der Waals surface area contributed by atoms with Gasteiger partial charge < -0.3 is 20.6 Å². The standard InChI is InChI=1S/C12H12N2O4/c1-2-18-12(17)9-10(15)7-4-3-6(13)5-8(7)14-11(9)16/h3-5H,2,13H2,1H3,(H2,14,15,16). The molecule has 0 unspecified atom stereocenters. The lowest BCUT2D eigenvalue weighted by Gasteiger charge is -2.07. The topological polar surface area (TPSA) is 105 Å². The summed E-state index contributed by atoms with van der Waals surface area (Å²) in [6.07, 6.45) is 0. The molecule has 4 N–H and O–H groups in total. The molecule has 6 heteroatoms. The predicted molar refractivity (Wildman–Crippen MR) is 66.6 cm³/mol. The summed E-state index contributed by atoms with van der Waals surface area (Å²) in [5.74, 6) is -1.25. The first-order valence-electron chi connectivity index (χ1n) is 5.36. The number of aromatic hydroxyl groups is 1. The molecule has 0 saturated heterocycles. The van der Waals surface area contributed by atoms with E-state index in [4.69, 9.17) is 10.5 Å². The molecule has 0 saturated carbocycles. The number of esters is 1. The van der Waals surface area contributed by atoms with Gasteiger partial charge in [-0.3, -0.25) is 4.79 Å². The highest BCUT2D eigenvalue weighted by Crippen LogP contribution is 2.26. The first kappa shape index (κ1) is 12.0. The average molecular weight is 248 g/mol. The Morgan fingerprint density at radius 2 is 2.22 bits per heavy atom. The molecule has 1 aromatic heterocycles. The van der Waals surface area contributed by atoms with Gasteiger partial charge in [0.15, 0.2) is 5.56 Å². The van der Waals surface area contributed by atoms with Crippen LogP contribution in [0.4, 0.5) is 5.69 Å². The molecule has 0 aliphatic rings. The molecule has 0 bridgehead atoms. The second-order valence-corrected chi connectivity index (χ2v) is 3.70. The summed E-state index contributed by atoms with van der Waals surface area (Å²) in [4.78, 5) is 25.8. The Balaban J connectivity index is 2.73. The van der Waals surface area contributed by atoms with Gasteiger partial charge in [-0.1, -0.05) is 0 Å². The van der Waals surface area contributed by atoms with E-state index < -0.39 is 22.8 Å². The van der Waals surface area contributed by atoms with Gasteiger partial charge >= 0.3 is 5.97 Å². The molecule has 0 aliphatic carbocycles. The predicted octanol–water partition coefficient (Wildman–Crippen LogP) is 0.993. The van der Waals surface area contributed by atoms with Crippen molar-refractivity contribution in [1.82, 2.24) is 4.98 Å². The number of nitrogens with two attached hydrogens (primary N) is 1. The van der Waals surface area contributed by atoms with E-state index in [2.05, 4.69) is 4.98 Å². The molecule has 0 aliphatic heterocycles. The van der Waals surface area contributed by atoms with Crippen molar-refractivity contribution >= 4 is 22.6 Å². The number of nitrogen functional groups attached to an aromatic ring is 1. The van der Waals surface area contributed by atoms with Crippen LogP contribution >= 0.6 is 0 Å². The third kappa shape index (κ3) is 1.88. The zero-order chi connectivity index (χ0) is 13.3. The molecule has 0 radical (unpaired) electrons. The van der Waals surface area contributed by atoms with Crippen LogP contribution in [0.2, 0.25) is 0 Å². The van der Waals surface area contributed by atoms with E-state index >= 15 is 0 Å². The lowest BCUT2D eigenvalue weighted by Crippen LogP contribution is -2.20. The molecular weight excluding hydrogens is 236 g/mol. The molecule has 6 nitrogen and oxygen atoms in total. The number of benzene rings is 1. The van der Waals surface area contributed by atoms with Gasteiger partial charge in [0.2, 0.25) is 0 Å². The third-order valence-electron chi connectivity index (χ3n) is 2.49. The summed E-state index contributed by atoms with van der Waals surface area (Å²) < 4.78 is 4.72. The Labute approximate surface area is 102 Å². The van der Waals surface area contributed by atoms with Crippen LogP contribution in [-0.4, -0.2) is 22.7 Å². The zero-order valence-corrected chi connectivity index (χ0v) is 9.69. The van der Waals surface area contributed by atoms with Crippen LogP contribution in [0.25, 0.3) is 10.9 Å². The van der Waals surface area contributed by atoms with Crippen LogP contribution in [0.15, 0.2) is 23.0 Å². The monoisotopic (exact) mass is 248 g/mol. The first-order chi connectivity index (χ1) is 8.54. The Bertz CT molecular complexity index is 676. The van der Waals surface area contributed by atoms with Crippen LogP contribution < -0.4 is 11.3 Å². The Morgan fingerprint density at radius 1 is 1.50 bits per heavy atom. The van der Waals surface area contributed by atoms with Crippen LogP contribution in [0.1, 0.15) is 17.3 Å². The SMILES string of the molecule is CCOC(=O)c1c(O)c2ccc(N)cc2[nH]c1=O. The van der Waals surface area contributed by atoms with Crippen molar-refractivity contribution in [2.75, 3.05) is 12.3 Å². The minimum atomic E-state index is -0.852. The van der Waals surface area contributed by atoms with Crippen LogP contribution in [0.5, 0.6) is 5.75 Å². The minimum Gasteiger partial charge on any atom is -0.506 e. The van der Waals surface area contributed by atoms with Gasteiger partial charge in [-0.2, -0.15) is 0 Å². The summed E-state index contributed by atoms with van der Waals surface area (Å²) in [5.41, 5.74) is 5.29. The molecule has 0 spiro atoms. The molecule has 1 aromatic carbocycles. The molecule has 2 aromatic rings. The number of aromatic nitrogens is 1. The van der Waals surface area contributed by atoms with Gasteiger partial charge in [0.1, 0.15) is 5.75 Å². The van der Waals surface area contributed by atoms with E-state index in [0.29, 0.717) is 16.6 Å². The van der Waals surface area contributed by atoms with E-state index in [-0.39, 0.29) is 6.61 Å². The van der Waals surface area contributed by atoms with E-state index in [1.165, 1.54) is 12.1 Å². The number of pyridine rings is 1. The lowest BCUT2D eigenvalue weighted by atomic mass is 10.1. The number of hydrogen-bond acceptors (Lipinski definition) is 5. The van der Waals surface area contributed by atoms with Crippen molar-refractivity contribution in [2.24, 2.45) is 0 Å². The van der Waals surface area contributed by atoms with Crippen molar-refractivity contribution in [3.63, 3.8) is 0 Å². The summed E-state index contributed by atoms with van der Waals surface area (Å²) in [5, 5.41) is 10.3. The summed E-state index contributed by atoms with van der Waals surface area (Å²) >= 11 is 0. The number of carbonyl (C=O) groups is 1. The van der Waals surface area contributed by atoms with Gasteiger partial charge in [-0.05, 0) is 25.1 Å². The fraction of sp³-hybridized carbons (Fsp3) is 0.167. The van der Waals surface area contributed by atoms with Crippen LogP contribution in [-0.2, 0) is 4.74 Å². The second kappa shape index (κ2) is 4.40. The fourth-order valence-corrected chi connectivity index (χ4v) is 1.69. The summed E-state index contributed by atoms with van der Waals surface area (Å²) in [7, 11) is 0. The van der Waals surface area contributed by atoms with Gasteiger partial charge in [-0.25, -0.2) is 4.79 Å². The first-order valence-corrected chi connectivity index (χ1v) is 5.36. The average Bonchev–Trinajstić information content (AvgIpc) is 2.28. The third-order valence-corrected chi connectivity index (χ3v) is 2.49. The largest absolute Gasteiger partial charge is 0.506 e. The summed E-state index contributed by atoms with van der Waals surface area (Å²) in [6.45, 7) is 1.74. The van der Waals surface area contributed by atoms with E-state index in [1.54, 1.807) is 13.0 Å². The number of fused-ring (bicyclic) bond motifs is 1.